The molecule has 0 radical (unpaired) electrons. The molecular weight excluding hydrogens is 370 g/mol. The minimum absolute atomic E-state index is 0. The smallest absolute Gasteiger partial charge is 0.291 e. The number of anilines is 1. The monoisotopic (exact) mass is 389 g/mol. The quantitative estimate of drug-likeness (QED) is 0.625. The molecule has 25 heavy (non-hydrogen) atoms. The molecule has 1 amide bonds. The predicted molar refractivity (Wildman–Crippen MR) is 95.3 cm³/mol. The van der Waals surface area contributed by atoms with Crippen molar-refractivity contribution in [2.24, 2.45) is 5.73 Å². The van der Waals surface area contributed by atoms with E-state index in [1.54, 1.807) is 12.1 Å². The Kier molecular flexibility index (Phi) is 8.07. The van der Waals surface area contributed by atoms with Crippen LogP contribution in [0.4, 0.5) is 5.69 Å². The first-order chi connectivity index (χ1) is 11.5. The van der Waals surface area contributed by atoms with Crippen molar-refractivity contribution in [3.05, 3.63) is 47.9 Å². The van der Waals surface area contributed by atoms with Gasteiger partial charge < -0.3 is 20.2 Å². The van der Waals surface area contributed by atoms with Gasteiger partial charge in [0.15, 0.2) is 5.76 Å². The van der Waals surface area contributed by atoms with Gasteiger partial charge in [0.25, 0.3) is 5.91 Å². The third-order valence-electron chi connectivity index (χ3n) is 3.01. The standard InChI is InChI=1S/C15H19N3O5S.ClH/c1-22-10-12-5-6-14(23-12)15(19)18-11-3-2-4-13(9-11)24(20,21)17-8-7-16;/h2-6,9,17H,7-8,10,16H2,1H3,(H,18,19);1H. The van der Waals surface area contributed by atoms with Crippen LogP contribution in [0.2, 0.25) is 0 Å². The molecule has 1 aromatic carbocycles. The second-order valence-electron chi connectivity index (χ2n) is 4.87. The summed E-state index contributed by atoms with van der Waals surface area (Å²) in [6.07, 6.45) is 0. The summed E-state index contributed by atoms with van der Waals surface area (Å²) in [5.41, 5.74) is 5.63. The molecule has 8 nitrogen and oxygen atoms in total. The number of furan rings is 1. The van der Waals surface area contributed by atoms with E-state index >= 15 is 0 Å². The average Bonchev–Trinajstić information content (AvgIpc) is 3.02. The van der Waals surface area contributed by atoms with Crippen LogP contribution in [0.1, 0.15) is 16.3 Å². The number of amides is 1. The molecule has 0 bridgehead atoms. The predicted octanol–water partition coefficient (Wildman–Crippen LogP) is 1.34. The van der Waals surface area contributed by atoms with E-state index in [1.807, 2.05) is 0 Å². The SMILES string of the molecule is COCc1ccc(C(=O)Nc2cccc(S(=O)(=O)NCCN)c2)o1.Cl. The molecule has 0 saturated carbocycles. The Bertz CT molecular complexity index is 807. The fourth-order valence-corrected chi connectivity index (χ4v) is 3.02. The largest absolute Gasteiger partial charge is 0.453 e. The Hall–Kier alpha value is -1.91. The molecule has 4 N–H and O–H groups in total. The van der Waals surface area contributed by atoms with Crippen LogP contribution < -0.4 is 15.8 Å². The Morgan fingerprint density at radius 1 is 1.28 bits per heavy atom. The molecule has 0 atom stereocenters. The number of nitrogens with one attached hydrogen (secondary N) is 2. The van der Waals surface area contributed by atoms with Crippen molar-refractivity contribution in [2.45, 2.75) is 11.5 Å². The van der Waals surface area contributed by atoms with Crippen molar-refractivity contribution in [3.8, 4) is 0 Å². The van der Waals surface area contributed by atoms with Crippen molar-refractivity contribution in [1.29, 1.82) is 0 Å². The molecule has 0 spiro atoms. The lowest BCUT2D eigenvalue weighted by Crippen LogP contribution is -2.29. The van der Waals surface area contributed by atoms with Gasteiger partial charge in [-0.1, -0.05) is 6.07 Å². The van der Waals surface area contributed by atoms with E-state index in [1.165, 1.54) is 31.4 Å². The van der Waals surface area contributed by atoms with Gasteiger partial charge in [0.05, 0.1) is 4.90 Å². The highest BCUT2D eigenvalue weighted by molar-refractivity contribution is 7.89. The Morgan fingerprint density at radius 2 is 2.04 bits per heavy atom. The van der Waals surface area contributed by atoms with E-state index in [-0.39, 0.29) is 42.8 Å². The van der Waals surface area contributed by atoms with E-state index in [0.29, 0.717) is 11.4 Å². The zero-order chi connectivity index (χ0) is 17.6. The summed E-state index contributed by atoms with van der Waals surface area (Å²) in [7, 11) is -2.15. The van der Waals surface area contributed by atoms with Gasteiger partial charge in [0.1, 0.15) is 12.4 Å². The number of nitrogens with two attached hydrogens (primary N) is 1. The van der Waals surface area contributed by atoms with Gasteiger partial charge in [-0.15, -0.1) is 12.4 Å². The highest BCUT2D eigenvalue weighted by Crippen LogP contribution is 2.17. The molecule has 0 unspecified atom stereocenters. The van der Waals surface area contributed by atoms with Gasteiger partial charge in [-0.25, -0.2) is 13.1 Å². The van der Waals surface area contributed by atoms with Gasteiger partial charge in [-0.05, 0) is 30.3 Å². The molecule has 0 aliphatic heterocycles. The Labute approximate surface area is 152 Å². The topological polar surface area (TPSA) is 124 Å². The zero-order valence-electron chi connectivity index (χ0n) is 13.5. The first kappa shape index (κ1) is 21.1. The zero-order valence-corrected chi connectivity index (χ0v) is 15.2. The van der Waals surface area contributed by atoms with E-state index in [0.717, 1.165) is 0 Å². The van der Waals surface area contributed by atoms with Crippen molar-refractivity contribution < 1.29 is 22.4 Å². The van der Waals surface area contributed by atoms with Crippen molar-refractivity contribution >= 4 is 34.0 Å². The van der Waals surface area contributed by atoms with E-state index in [4.69, 9.17) is 14.9 Å². The first-order valence-corrected chi connectivity index (χ1v) is 8.63. The molecule has 0 aliphatic carbocycles. The van der Waals surface area contributed by atoms with Crippen LogP contribution in [0.3, 0.4) is 0 Å². The summed E-state index contributed by atoms with van der Waals surface area (Å²) in [6, 6.07) is 9.06. The molecule has 1 aromatic heterocycles. The summed E-state index contributed by atoms with van der Waals surface area (Å²) >= 11 is 0. The summed E-state index contributed by atoms with van der Waals surface area (Å²) < 4.78 is 36.7. The van der Waals surface area contributed by atoms with Gasteiger partial charge >= 0.3 is 0 Å². The number of hydrogen-bond acceptors (Lipinski definition) is 6. The Morgan fingerprint density at radius 3 is 2.72 bits per heavy atom. The van der Waals surface area contributed by atoms with E-state index < -0.39 is 15.9 Å². The number of methoxy groups -OCH3 is 1. The highest BCUT2D eigenvalue weighted by atomic mass is 35.5. The van der Waals surface area contributed by atoms with Gasteiger partial charge in [-0.3, -0.25) is 4.79 Å². The number of carbonyl (C=O) groups excluding carboxylic acids is 1. The number of hydrogen-bond donors (Lipinski definition) is 3. The summed E-state index contributed by atoms with van der Waals surface area (Å²) in [4.78, 5) is 12.2. The Balaban J connectivity index is 0.00000312. The highest BCUT2D eigenvalue weighted by Gasteiger charge is 2.15. The minimum atomic E-state index is -3.67. The third-order valence-corrected chi connectivity index (χ3v) is 4.47. The molecule has 138 valence electrons. The molecular formula is C15H20ClN3O5S. The van der Waals surface area contributed by atoms with Crippen LogP contribution in [0.15, 0.2) is 45.7 Å². The summed E-state index contributed by atoms with van der Waals surface area (Å²) in [6.45, 7) is 0.583. The molecule has 0 aliphatic rings. The molecule has 2 aromatic rings. The molecule has 10 heteroatoms. The van der Waals surface area contributed by atoms with Crippen LogP contribution in [-0.4, -0.2) is 34.5 Å². The van der Waals surface area contributed by atoms with Gasteiger partial charge in [0.2, 0.25) is 10.0 Å². The number of sulfonamides is 1. The van der Waals surface area contributed by atoms with Crippen LogP contribution in [0, 0.1) is 0 Å². The van der Waals surface area contributed by atoms with Crippen LogP contribution in [0.25, 0.3) is 0 Å². The van der Waals surface area contributed by atoms with Gasteiger partial charge in [0, 0.05) is 25.9 Å². The van der Waals surface area contributed by atoms with Gasteiger partial charge in [-0.2, -0.15) is 0 Å². The maximum atomic E-state index is 12.1. The van der Waals surface area contributed by atoms with E-state index in [9.17, 15) is 13.2 Å². The molecule has 1 heterocycles. The summed E-state index contributed by atoms with van der Waals surface area (Å²) in [5, 5.41) is 2.59. The summed E-state index contributed by atoms with van der Waals surface area (Å²) in [5.74, 6) is 0.142. The molecule has 0 fully saturated rings. The maximum Gasteiger partial charge on any atom is 0.291 e. The number of benzene rings is 1. The van der Waals surface area contributed by atoms with Crippen LogP contribution in [-0.2, 0) is 21.4 Å². The van der Waals surface area contributed by atoms with Crippen molar-refractivity contribution in [3.63, 3.8) is 0 Å². The van der Waals surface area contributed by atoms with Crippen LogP contribution in [0.5, 0.6) is 0 Å². The second-order valence-corrected chi connectivity index (χ2v) is 6.63. The van der Waals surface area contributed by atoms with E-state index in [2.05, 4.69) is 10.0 Å². The average molecular weight is 390 g/mol. The third kappa shape index (κ3) is 5.83. The number of carbonyl (C=O) groups is 1. The lowest BCUT2D eigenvalue weighted by atomic mass is 10.3. The first-order valence-electron chi connectivity index (χ1n) is 7.15. The maximum absolute atomic E-state index is 12.1. The number of rotatable bonds is 8. The van der Waals surface area contributed by atoms with Crippen molar-refractivity contribution in [1.82, 2.24) is 4.72 Å². The minimum Gasteiger partial charge on any atom is -0.453 e. The normalized spacial score (nSPS) is 11.0. The molecule has 2 rings (SSSR count). The lowest BCUT2D eigenvalue weighted by Gasteiger charge is -2.08. The second kappa shape index (κ2) is 9.54. The van der Waals surface area contributed by atoms with Crippen LogP contribution >= 0.6 is 12.4 Å². The molecule has 0 saturated heterocycles. The fourth-order valence-electron chi connectivity index (χ4n) is 1.93. The number of ether oxygens (including phenoxy) is 1. The lowest BCUT2D eigenvalue weighted by molar-refractivity contribution is 0.0987. The fraction of sp³-hybridized carbons (Fsp3) is 0.267. The van der Waals surface area contributed by atoms with Crippen molar-refractivity contribution in [2.75, 3.05) is 25.5 Å². The number of halogens is 1.